The van der Waals surface area contributed by atoms with Crippen molar-refractivity contribution in [3.8, 4) is 11.3 Å². The molecule has 0 N–H and O–H groups in total. The van der Waals surface area contributed by atoms with Gasteiger partial charge in [0.2, 0.25) is 0 Å². The monoisotopic (exact) mass is 468 g/mol. The van der Waals surface area contributed by atoms with Crippen molar-refractivity contribution in [2.24, 2.45) is 0 Å². The van der Waals surface area contributed by atoms with Crippen molar-refractivity contribution in [2.45, 2.75) is 13.5 Å². The van der Waals surface area contributed by atoms with Crippen molar-refractivity contribution in [2.75, 3.05) is 4.90 Å². The quantitative estimate of drug-likeness (QED) is 0.222. The van der Waals surface area contributed by atoms with E-state index in [1.54, 1.807) is 17.0 Å². The number of para-hydroxylation sites is 1. The number of anilines is 1. The van der Waals surface area contributed by atoms with Gasteiger partial charge in [-0.05, 0) is 24.6 Å². The maximum atomic E-state index is 13.7. The van der Waals surface area contributed by atoms with E-state index in [1.165, 1.54) is 23.5 Å². The van der Waals surface area contributed by atoms with Crippen molar-refractivity contribution in [3.63, 3.8) is 0 Å². The van der Waals surface area contributed by atoms with Crippen LogP contribution in [0, 0.1) is 17.0 Å². The highest BCUT2D eigenvalue weighted by Gasteiger charge is 2.24. The topological polar surface area (TPSA) is 80.8 Å². The minimum absolute atomic E-state index is 0.0147. The van der Waals surface area contributed by atoms with Crippen LogP contribution in [0.3, 0.4) is 0 Å². The Hall–Kier alpha value is -4.30. The van der Waals surface area contributed by atoms with Crippen LogP contribution in [-0.4, -0.2) is 20.2 Å². The maximum absolute atomic E-state index is 13.7. The largest absolute Gasteiger partial charge is 0.303 e. The molecular formula is C26H20N4O3S. The highest BCUT2D eigenvalue weighted by molar-refractivity contribution is 7.19. The summed E-state index contributed by atoms with van der Waals surface area (Å²) < 4.78 is 1.87. The number of nitro groups is 1. The van der Waals surface area contributed by atoms with Crippen molar-refractivity contribution >= 4 is 33.6 Å². The highest BCUT2D eigenvalue weighted by atomic mass is 32.1. The van der Waals surface area contributed by atoms with Gasteiger partial charge in [0, 0.05) is 35.3 Å². The minimum Gasteiger partial charge on any atom is -0.303 e. The van der Waals surface area contributed by atoms with Gasteiger partial charge in [0.15, 0.2) is 4.96 Å². The van der Waals surface area contributed by atoms with E-state index in [2.05, 4.69) is 4.98 Å². The number of nitro benzene ring substituents is 1. The van der Waals surface area contributed by atoms with Gasteiger partial charge >= 0.3 is 0 Å². The molecule has 5 aromatic rings. The van der Waals surface area contributed by atoms with E-state index >= 15 is 0 Å². The first-order valence-electron chi connectivity index (χ1n) is 10.7. The molecule has 0 fully saturated rings. The summed E-state index contributed by atoms with van der Waals surface area (Å²) in [6, 6.07) is 25.9. The van der Waals surface area contributed by atoms with E-state index in [4.69, 9.17) is 0 Å². The van der Waals surface area contributed by atoms with E-state index in [0.29, 0.717) is 27.6 Å². The number of carbonyl (C=O) groups excluding carboxylic acids is 1. The van der Waals surface area contributed by atoms with Crippen LogP contribution in [0.2, 0.25) is 0 Å². The lowest BCUT2D eigenvalue weighted by atomic mass is 10.1. The summed E-state index contributed by atoms with van der Waals surface area (Å²) in [6.45, 7) is 2.34. The van der Waals surface area contributed by atoms with E-state index < -0.39 is 4.92 Å². The van der Waals surface area contributed by atoms with Gasteiger partial charge in [0.25, 0.3) is 11.6 Å². The Labute approximate surface area is 199 Å². The molecule has 0 atom stereocenters. The summed E-state index contributed by atoms with van der Waals surface area (Å²) in [5, 5.41) is 11.1. The Bertz CT molecular complexity index is 1490. The molecule has 2 aromatic heterocycles. The smallest absolute Gasteiger partial charge is 0.270 e. The predicted molar refractivity (Wildman–Crippen MR) is 133 cm³/mol. The Morgan fingerprint density at radius 1 is 1.03 bits per heavy atom. The molecule has 0 radical (unpaired) electrons. The number of hydrogen-bond acceptors (Lipinski definition) is 5. The average molecular weight is 469 g/mol. The van der Waals surface area contributed by atoms with E-state index in [9.17, 15) is 14.9 Å². The number of hydrogen-bond donors (Lipinski definition) is 0. The molecule has 0 unspecified atom stereocenters. The number of aryl methyl sites for hydroxylation is 1. The molecule has 0 bridgehead atoms. The Morgan fingerprint density at radius 3 is 2.41 bits per heavy atom. The molecule has 168 valence electrons. The Balaban J connectivity index is 1.51. The number of carbonyl (C=O) groups is 1. The summed E-state index contributed by atoms with van der Waals surface area (Å²) >= 11 is 1.32. The molecule has 0 aliphatic rings. The number of fused-ring (bicyclic) bond motifs is 1. The second kappa shape index (κ2) is 8.92. The van der Waals surface area contributed by atoms with Gasteiger partial charge in [0.05, 0.1) is 17.2 Å². The van der Waals surface area contributed by atoms with Crippen LogP contribution in [-0.2, 0) is 6.54 Å². The second-order valence-electron chi connectivity index (χ2n) is 7.82. The fourth-order valence-electron chi connectivity index (χ4n) is 3.84. The first-order chi connectivity index (χ1) is 16.5. The number of thiazole rings is 1. The summed E-state index contributed by atoms with van der Waals surface area (Å²) in [7, 11) is 0. The number of aromatic nitrogens is 2. The van der Waals surface area contributed by atoms with Crippen molar-refractivity contribution in [1.29, 1.82) is 0 Å². The molecule has 0 spiro atoms. The number of imidazole rings is 1. The van der Waals surface area contributed by atoms with Gasteiger partial charge in [-0.25, -0.2) is 4.98 Å². The third kappa shape index (κ3) is 4.06. The molecule has 34 heavy (non-hydrogen) atoms. The number of non-ortho nitro benzene ring substituents is 1. The molecule has 1 amide bonds. The zero-order chi connectivity index (χ0) is 23.7. The van der Waals surface area contributed by atoms with Crippen LogP contribution in [0.4, 0.5) is 11.4 Å². The SMILES string of the molecule is Cc1c(C(=O)N(Cc2ccccc2)c2ccccc2)sc2nc(-c3cccc([N+](=O)[O-])c3)cn12. The third-order valence-corrected chi connectivity index (χ3v) is 6.75. The van der Waals surface area contributed by atoms with Crippen LogP contribution < -0.4 is 4.90 Å². The number of rotatable bonds is 6. The molecular weight excluding hydrogens is 448 g/mol. The summed E-state index contributed by atoms with van der Waals surface area (Å²) in [4.78, 5) is 32.1. The minimum atomic E-state index is -0.422. The molecule has 2 heterocycles. The third-order valence-electron chi connectivity index (χ3n) is 5.60. The van der Waals surface area contributed by atoms with Gasteiger partial charge < -0.3 is 4.90 Å². The first-order valence-corrected chi connectivity index (χ1v) is 11.5. The molecule has 5 rings (SSSR count). The summed E-state index contributed by atoms with van der Waals surface area (Å²) in [6.07, 6.45) is 1.82. The zero-order valence-electron chi connectivity index (χ0n) is 18.3. The molecule has 7 nitrogen and oxygen atoms in total. The number of amides is 1. The number of nitrogens with zero attached hydrogens (tertiary/aromatic N) is 4. The molecule has 0 saturated carbocycles. The van der Waals surface area contributed by atoms with Crippen molar-refractivity contribution < 1.29 is 9.72 Å². The van der Waals surface area contributed by atoms with E-state index in [0.717, 1.165) is 16.9 Å². The fourth-order valence-corrected chi connectivity index (χ4v) is 4.90. The Morgan fingerprint density at radius 2 is 1.74 bits per heavy atom. The van der Waals surface area contributed by atoms with Crippen LogP contribution in [0.1, 0.15) is 20.9 Å². The van der Waals surface area contributed by atoms with E-state index in [-0.39, 0.29) is 11.6 Å². The van der Waals surface area contributed by atoms with Gasteiger partial charge in [-0.3, -0.25) is 19.3 Å². The van der Waals surface area contributed by atoms with Crippen molar-refractivity contribution in [1.82, 2.24) is 9.38 Å². The Kier molecular flexibility index (Phi) is 5.65. The maximum Gasteiger partial charge on any atom is 0.270 e. The van der Waals surface area contributed by atoms with Crippen molar-refractivity contribution in [3.05, 3.63) is 117 Å². The lowest BCUT2D eigenvalue weighted by molar-refractivity contribution is -0.384. The normalized spacial score (nSPS) is 11.0. The summed E-state index contributed by atoms with van der Waals surface area (Å²) in [5.41, 5.74) is 3.93. The molecule has 0 aliphatic heterocycles. The molecule has 0 saturated heterocycles. The lowest BCUT2D eigenvalue weighted by Gasteiger charge is -2.22. The van der Waals surface area contributed by atoms with Crippen LogP contribution in [0.25, 0.3) is 16.2 Å². The molecule has 0 aliphatic carbocycles. The van der Waals surface area contributed by atoms with E-state index in [1.807, 2.05) is 78.2 Å². The predicted octanol–water partition coefficient (Wildman–Crippen LogP) is 6.13. The molecule has 8 heteroatoms. The van der Waals surface area contributed by atoms with Gasteiger partial charge in [0.1, 0.15) is 4.88 Å². The molecule has 3 aromatic carbocycles. The van der Waals surface area contributed by atoms with Gasteiger partial charge in [-0.2, -0.15) is 0 Å². The zero-order valence-corrected chi connectivity index (χ0v) is 19.1. The summed E-state index contributed by atoms with van der Waals surface area (Å²) in [5.74, 6) is -0.0973. The van der Waals surface area contributed by atoms with Gasteiger partial charge in [-0.15, -0.1) is 0 Å². The number of benzene rings is 3. The average Bonchev–Trinajstić information content (AvgIpc) is 3.43. The van der Waals surface area contributed by atoms with Crippen LogP contribution >= 0.6 is 11.3 Å². The highest BCUT2D eigenvalue weighted by Crippen LogP contribution is 2.31. The van der Waals surface area contributed by atoms with Crippen LogP contribution in [0.15, 0.2) is 91.1 Å². The first kappa shape index (κ1) is 21.5. The fraction of sp³-hybridized carbons (Fsp3) is 0.0769. The van der Waals surface area contributed by atoms with Crippen LogP contribution in [0.5, 0.6) is 0 Å². The lowest BCUT2D eigenvalue weighted by Crippen LogP contribution is -2.30. The van der Waals surface area contributed by atoms with Gasteiger partial charge in [-0.1, -0.05) is 72.0 Å². The second-order valence-corrected chi connectivity index (χ2v) is 8.79. The standard InChI is InChI=1S/C26H20N4O3S/c1-18-24(25(31)29(21-12-6-3-7-13-21)16-19-9-4-2-5-10-19)34-26-27-23(17-28(18)26)20-11-8-14-22(15-20)30(32)33/h2-15,17H,16H2,1H3.